The zero-order valence-corrected chi connectivity index (χ0v) is 12.9. The third kappa shape index (κ3) is 3.21. The highest BCUT2D eigenvalue weighted by atomic mass is 79.9. The van der Waals surface area contributed by atoms with Gasteiger partial charge in [0.2, 0.25) is 0 Å². The molecule has 2 aromatic rings. The van der Waals surface area contributed by atoms with E-state index in [1.807, 2.05) is 18.2 Å². The minimum atomic E-state index is 0.534. The number of halogens is 3. The molecule has 18 heavy (non-hydrogen) atoms. The molecule has 5 heteroatoms. The van der Waals surface area contributed by atoms with Gasteiger partial charge in [0.05, 0.1) is 21.7 Å². The van der Waals surface area contributed by atoms with E-state index in [0.29, 0.717) is 15.6 Å². The summed E-state index contributed by atoms with van der Waals surface area (Å²) >= 11 is 16.8. The van der Waals surface area contributed by atoms with Gasteiger partial charge in [-0.15, -0.1) is 0 Å². The molecule has 0 aliphatic heterocycles. The van der Waals surface area contributed by atoms with E-state index in [1.54, 1.807) is 30.0 Å². The van der Waals surface area contributed by atoms with Gasteiger partial charge in [-0.1, -0.05) is 35.0 Å². The van der Waals surface area contributed by atoms with Crippen LogP contribution in [0.3, 0.4) is 0 Å². The van der Waals surface area contributed by atoms with Gasteiger partial charge in [-0.05, 0) is 52.3 Å². The summed E-state index contributed by atoms with van der Waals surface area (Å²) in [6, 6.07) is 13.1. The van der Waals surface area contributed by atoms with Crippen molar-refractivity contribution in [2.24, 2.45) is 0 Å². The van der Waals surface area contributed by atoms with Gasteiger partial charge in [0.15, 0.2) is 0 Å². The van der Waals surface area contributed by atoms with Crippen LogP contribution in [0.4, 0.5) is 0 Å². The lowest BCUT2D eigenvalue weighted by Crippen LogP contribution is -1.80. The maximum absolute atomic E-state index is 8.80. The summed E-state index contributed by atoms with van der Waals surface area (Å²) in [6.45, 7) is 0. The molecule has 0 heterocycles. The first-order valence-corrected chi connectivity index (χ1v) is 7.29. The number of nitrogens with zero attached hydrogens (tertiary/aromatic N) is 1. The molecule has 2 aromatic carbocycles. The Morgan fingerprint density at radius 3 is 2.44 bits per heavy atom. The van der Waals surface area contributed by atoms with Gasteiger partial charge in [0.25, 0.3) is 0 Å². The highest BCUT2D eigenvalue weighted by molar-refractivity contribution is 9.10. The molecule has 2 rings (SSSR count). The SMILES string of the molecule is N#Cc1ccc(Sc2ccc(Cl)c(Cl)c2)c(Br)c1. The Morgan fingerprint density at radius 2 is 1.83 bits per heavy atom. The van der Waals surface area contributed by atoms with Crippen molar-refractivity contribution in [2.75, 3.05) is 0 Å². The van der Waals surface area contributed by atoms with Crippen LogP contribution < -0.4 is 0 Å². The van der Waals surface area contributed by atoms with Crippen LogP contribution in [-0.4, -0.2) is 0 Å². The Balaban J connectivity index is 2.29. The van der Waals surface area contributed by atoms with Crippen molar-refractivity contribution < 1.29 is 0 Å². The number of hydrogen-bond acceptors (Lipinski definition) is 2. The molecule has 90 valence electrons. The average Bonchev–Trinajstić information content (AvgIpc) is 2.36. The van der Waals surface area contributed by atoms with Crippen LogP contribution in [0.1, 0.15) is 5.56 Å². The lowest BCUT2D eigenvalue weighted by Gasteiger charge is -2.05. The smallest absolute Gasteiger partial charge is 0.0992 e. The van der Waals surface area contributed by atoms with Gasteiger partial charge in [-0.2, -0.15) is 5.26 Å². The summed E-state index contributed by atoms with van der Waals surface area (Å²) in [5.41, 5.74) is 0.625. The average molecular weight is 359 g/mol. The minimum absolute atomic E-state index is 0.534. The summed E-state index contributed by atoms with van der Waals surface area (Å²) < 4.78 is 0.887. The molecule has 0 unspecified atom stereocenters. The van der Waals surface area contributed by atoms with Crippen molar-refractivity contribution in [3.8, 4) is 6.07 Å². The van der Waals surface area contributed by atoms with Crippen LogP contribution in [0, 0.1) is 11.3 Å². The largest absolute Gasteiger partial charge is 0.192 e. The first-order chi connectivity index (χ1) is 8.60. The molecule has 0 atom stereocenters. The maximum Gasteiger partial charge on any atom is 0.0992 e. The van der Waals surface area contributed by atoms with E-state index in [0.717, 1.165) is 14.3 Å². The number of nitriles is 1. The predicted octanol–water partition coefficient (Wildman–Crippen LogP) is 5.78. The highest BCUT2D eigenvalue weighted by Crippen LogP contribution is 2.36. The highest BCUT2D eigenvalue weighted by Gasteiger charge is 2.05. The van der Waals surface area contributed by atoms with Crippen molar-refractivity contribution in [3.05, 3.63) is 56.5 Å². The van der Waals surface area contributed by atoms with E-state index >= 15 is 0 Å². The topological polar surface area (TPSA) is 23.8 Å². The lowest BCUT2D eigenvalue weighted by molar-refractivity contribution is 1.35. The number of benzene rings is 2. The molecular weight excluding hydrogens is 353 g/mol. The van der Waals surface area contributed by atoms with E-state index in [2.05, 4.69) is 22.0 Å². The zero-order valence-electron chi connectivity index (χ0n) is 8.95. The Kier molecular flexibility index (Phi) is 4.58. The van der Waals surface area contributed by atoms with Crippen LogP contribution in [0.5, 0.6) is 0 Å². The van der Waals surface area contributed by atoms with Crippen molar-refractivity contribution in [1.29, 1.82) is 5.26 Å². The normalized spacial score (nSPS) is 10.1. The molecule has 0 radical (unpaired) electrons. The Bertz CT molecular complexity index is 637. The van der Waals surface area contributed by atoms with Crippen LogP contribution in [0.2, 0.25) is 10.0 Å². The summed E-state index contributed by atoms with van der Waals surface area (Å²) in [4.78, 5) is 2.02. The van der Waals surface area contributed by atoms with Gasteiger partial charge in [-0.3, -0.25) is 0 Å². The molecule has 1 nitrogen and oxygen atoms in total. The van der Waals surface area contributed by atoms with Crippen LogP contribution in [0.15, 0.2) is 50.7 Å². The fourth-order valence-electron chi connectivity index (χ4n) is 1.32. The van der Waals surface area contributed by atoms with Crippen LogP contribution in [-0.2, 0) is 0 Å². The summed E-state index contributed by atoms with van der Waals surface area (Å²) in [5, 5.41) is 9.88. The maximum atomic E-state index is 8.80. The first-order valence-electron chi connectivity index (χ1n) is 4.92. The zero-order chi connectivity index (χ0) is 13.1. The third-order valence-electron chi connectivity index (χ3n) is 2.18. The van der Waals surface area contributed by atoms with Gasteiger partial charge in [-0.25, -0.2) is 0 Å². The minimum Gasteiger partial charge on any atom is -0.192 e. The molecule has 0 saturated heterocycles. The molecule has 0 fully saturated rings. The molecule has 0 aromatic heterocycles. The van der Waals surface area contributed by atoms with Gasteiger partial charge < -0.3 is 0 Å². The molecule has 0 bridgehead atoms. The Morgan fingerprint density at radius 1 is 1.06 bits per heavy atom. The second-order valence-electron chi connectivity index (χ2n) is 3.43. The van der Waals surface area contributed by atoms with Crippen molar-refractivity contribution in [2.45, 2.75) is 9.79 Å². The summed E-state index contributed by atoms with van der Waals surface area (Å²) in [6.07, 6.45) is 0. The monoisotopic (exact) mass is 357 g/mol. The third-order valence-corrected chi connectivity index (χ3v) is 4.90. The van der Waals surface area contributed by atoms with E-state index in [4.69, 9.17) is 28.5 Å². The predicted molar refractivity (Wildman–Crippen MR) is 79.4 cm³/mol. The van der Waals surface area contributed by atoms with Crippen LogP contribution >= 0.6 is 50.9 Å². The number of hydrogen-bond donors (Lipinski definition) is 0. The quantitative estimate of drug-likeness (QED) is 0.679. The van der Waals surface area contributed by atoms with E-state index < -0.39 is 0 Å². The lowest BCUT2D eigenvalue weighted by atomic mass is 10.2. The second kappa shape index (κ2) is 5.99. The fraction of sp³-hybridized carbons (Fsp3) is 0. The van der Waals surface area contributed by atoms with Crippen LogP contribution in [0.25, 0.3) is 0 Å². The second-order valence-corrected chi connectivity index (χ2v) is 6.22. The molecular formula is C13H6BrCl2NS. The molecule has 0 aliphatic carbocycles. The van der Waals surface area contributed by atoms with Crippen molar-refractivity contribution in [3.63, 3.8) is 0 Å². The van der Waals surface area contributed by atoms with Gasteiger partial charge in [0, 0.05) is 14.3 Å². The molecule has 0 amide bonds. The summed E-state index contributed by atoms with van der Waals surface area (Å²) in [7, 11) is 0. The first kappa shape index (κ1) is 13.8. The van der Waals surface area contributed by atoms with Gasteiger partial charge in [0.1, 0.15) is 0 Å². The summed E-state index contributed by atoms with van der Waals surface area (Å²) in [5.74, 6) is 0. The molecule has 0 aliphatic rings. The molecule has 0 N–H and O–H groups in total. The van der Waals surface area contributed by atoms with Crippen molar-refractivity contribution >= 4 is 50.9 Å². The number of rotatable bonds is 2. The van der Waals surface area contributed by atoms with Crippen molar-refractivity contribution in [1.82, 2.24) is 0 Å². The Hall–Kier alpha value is -0.660. The molecule has 0 spiro atoms. The molecule has 0 saturated carbocycles. The Labute approximate surface area is 128 Å². The standard InChI is InChI=1S/C13H6BrCl2NS/c14-10-5-8(7-17)1-4-13(10)18-9-2-3-11(15)12(16)6-9/h1-6H. The van der Waals surface area contributed by atoms with E-state index in [9.17, 15) is 0 Å². The van der Waals surface area contributed by atoms with Gasteiger partial charge >= 0.3 is 0 Å². The fourth-order valence-corrected chi connectivity index (χ4v) is 3.16. The van der Waals surface area contributed by atoms with E-state index in [1.165, 1.54) is 0 Å². The van der Waals surface area contributed by atoms with E-state index in [-0.39, 0.29) is 0 Å².